The van der Waals surface area contributed by atoms with Crippen molar-refractivity contribution in [3.8, 4) is 0 Å². The van der Waals surface area contributed by atoms with Crippen LogP contribution in [0.15, 0.2) is 18.2 Å². The van der Waals surface area contributed by atoms with E-state index in [1.807, 2.05) is 6.26 Å². The third-order valence-corrected chi connectivity index (χ3v) is 2.14. The Morgan fingerprint density at radius 3 is 2.77 bits per heavy atom. The lowest BCUT2D eigenvalue weighted by Crippen LogP contribution is -1.93. The Bertz CT molecular complexity index is 330. The van der Waals surface area contributed by atoms with E-state index in [2.05, 4.69) is 0 Å². The van der Waals surface area contributed by atoms with E-state index in [0.29, 0.717) is 5.75 Å². The lowest BCUT2D eigenvalue weighted by atomic mass is 10.2. The van der Waals surface area contributed by atoms with Crippen LogP contribution in [0.25, 0.3) is 0 Å². The van der Waals surface area contributed by atoms with E-state index in [1.54, 1.807) is 17.8 Å². The molecular weight excluding hydrogens is 193 g/mol. The monoisotopic (exact) mass is 201 g/mol. The van der Waals surface area contributed by atoms with Gasteiger partial charge in [-0.3, -0.25) is 10.1 Å². The molecule has 0 saturated heterocycles. The molecule has 0 aliphatic carbocycles. The first-order valence-corrected chi connectivity index (χ1v) is 4.96. The van der Waals surface area contributed by atoms with Crippen molar-refractivity contribution in [3.63, 3.8) is 0 Å². The first kappa shape index (κ1) is 9.98. The molecule has 0 spiro atoms. The summed E-state index contributed by atoms with van der Waals surface area (Å²) in [6, 6.07) is 3.97. The van der Waals surface area contributed by atoms with E-state index < -0.39 is 16.4 Å². The molecule has 13 heavy (non-hydrogen) atoms. The molecule has 0 unspecified atom stereocenters. The average molecular weight is 201 g/mol. The van der Waals surface area contributed by atoms with E-state index in [4.69, 9.17) is 0 Å². The lowest BCUT2D eigenvalue weighted by Gasteiger charge is -1.98. The Labute approximate surface area is 79.1 Å². The summed E-state index contributed by atoms with van der Waals surface area (Å²) in [5.74, 6) is -0.105. The number of nitro benzene ring substituents is 1. The molecule has 0 fully saturated rings. The van der Waals surface area contributed by atoms with E-state index in [-0.39, 0.29) is 0 Å². The second kappa shape index (κ2) is 4.23. The van der Waals surface area contributed by atoms with Gasteiger partial charge in [-0.05, 0) is 17.9 Å². The van der Waals surface area contributed by atoms with Crippen LogP contribution < -0.4 is 0 Å². The van der Waals surface area contributed by atoms with Crippen LogP contribution in [0.4, 0.5) is 10.1 Å². The smallest absolute Gasteiger partial charge is 0.258 e. The summed E-state index contributed by atoms with van der Waals surface area (Å²) in [6.07, 6.45) is 1.89. The van der Waals surface area contributed by atoms with Crippen molar-refractivity contribution in [1.82, 2.24) is 0 Å². The maximum Gasteiger partial charge on any atom is 0.304 e. The highest BCUT2D eigenvalue weighted by Gasteiger charge is 2.12. The van der Waals surface area contributed by atoms with Gasteiger partial charge in [-0.15, -0.1) is 0 Å². The van der Waals surface area contributed by atoms with Crippen molar-refractivity contribution < 1.29 is 9.31 Å². The molecule has 0 aliphatic rings. The molecular formula is C8H8FNO2S. The van der Waals surface area contributed by atoms with Gasteiger partial charge in [-0.1, -0.05) is 6.07 Å². The molecule has 70 valence electrons. The Morgan fingerprint density at radius 1 is 1.62 bits per heavy atom. The second-order valence-corrected chi connectivity index (χ2v) is 3.34. The number of benzene rings is 1. The van der Waals surface area contributed by atoms with Crippen LogP contribution in [0.3, 0.4) is 0 Å². The van der Waals surface area contributed by atoms with Crippen LogP contribution in [-0.4, -0.2) is 11.2 Å². The van der Waals surface area contributed by atoms with Crippen molar-refractivity contribution in [1.29, 1.82) is 0 Å². The maximum atomic E-state index is 13.0. The summed E-state index contributed by atoms with van der Waals surface area (Å²) in [6.45, 7) is 0. The number of halogens is 1. The standard InChI is InChI=1S/C8H8FNO2S/c1-13-5-6-2-3-8(10(11)12)7(9)4-6/h2-4H,5H2,1H3. The van der Waals surface area contributed by atoms with E-state index in [1.165, 1.54) is 12.1 Å². The molecule has 0 radical (unpaired) electrons. The van der Waals surface area contributed by atoms with Crippen molar-refractivity contribution >= 4 is 17.4 Å². The molecule has 0 bridgehead atoms. The van der Waals surface area contributed by atoms with Gasteiger partial charge < -0.3 is 0 Å². The molecule has 0 atom stereocenters. The molecule has 1 rings (SSSR count). The number of nitrogens with zero attached hydrogens (tertiary/aromatic N) is 1. The molecule has 0 amide bonds. The summed E-state index contributed by atoms with van der Waals surface area (Å²) in [4.78, 5) is 9.53. The number of rotatable bonds is 3. The summed E-state index contributed by atoms with van der Waals surface area (Å²) >= 11 is 1.54. The number of hydrogen-bond acceptors (Lipinski definition) is 3. The second-order valence-electron chi connectivity index (χ2n) is 2.48. The molecule has 0 aliphatic heterocycles. The summed E-state index contributed by atoms with van der Waals surface area (Å²) < 4.78 is 13.0. The number of thioether (sulfide) groups is 1. The molecule has 5 heteroatoms. The molecule has 0 heterocycles. The fourth-order valence-electron chi connectivity index (χ4n) is 0.955. The largest absolute Gasteiger partial charge is 0.304 e. The van der Waals surface area contributed by atoms with Crippen molar-refractivity contribution in [2.75, 3.05) is 6.26 Å². The third kappa shape index (κ3) is 2.42. The topological polar surface area (TPSA) is 43.1 Å². The third-order valence-electron chi connectivity index (χ3n) is 1.52. The minimum Gasteiger partial charge on any atom is -0.258 e. The van der Waals surface area contributed by atoms with E-state index >= 15 is 0 Å². The zero-order valence-corrected chi connectivity index (χ0v) is 7.81. The molecule has 1 aromatic carbocycles. The first-order valence-electron chi connectivity index (χ1n) is 3.57. The van der Waals surface area contributed by atoms with Crippen molar-refractivity contribution in [2.45, 2.75) is 5.75 Å². The van der Waals surface area contributed by atoms with Crippen LogP contribution in [0.1, 0.15) is 5.56 Å². The van der Waals surface area contributed by atoms with Crippen LogP contribution in [0, 0.1) is 15.9 Å². The molecule has 3 nitrogen and oxygen atoms in total. The van der Waals surface area contributed by atoms with Crippen molar-refractivity contribution in [2.24, 2.45) is 0 Å². The van der Waals surface area contributed by atoms with Gasteiger partial charge in [0.2, 0.25) is 5.82 Å². The van der Waals surface area contributed by atoms with Gasteiger partial charge in [-0.25, -0.2) is 0 Å². The normalized spacial score (nSPS) is 10.0. The van der Waals surface area contributed by atoms with Gasteiger partial charge in [0.25, 0.3) is 0 Å². The first-order chi connectivity index (χ1) is 6.15. The SMILES string of the molecule is CSCc1ccc([N+](=O)[O-])c(F)c1. The quantitative estimate of drug-likeness (QED) is 0.557. The summed E-state index contributed by atoms with van der Waals surface area (Å²) in [5.41, 5.74) is 0.292. The van der Waals surface area contributed by atoms with Crippen LogP contribution in [-0.2, 0) is 5.75 Å². The number of nitro groups is 1. The van der Waals surface area contributed by atoms with Crippen molar-refractivity contribution in [3.05, 3.63) is 39.7 Å². The Kier molecular flexibility index (Phi) is 3.25. The fraction of sp³-hybridized carbons (Fsp3) is 0.250. The van der Waals surface area contributed by atoms with Gasteiger partial charge in [0, 0.05) is 11.8 Å². The highest BCUT2D eigenvalue weighted by molar-refractivity contribution is 7.97. The Hall–Kier alpha value is -1.10. The predicted molar refractivity (Wildman–Crippen MR) is 50.3 cm³/mol. The average Bonchev–Trinajstić information content (AvgIpc) is 2.04. The van der Waals surface area contributed by atoms with E-state index in [9.17, 15) is 14.5 Å². The Balaban J connectivity index is 2.98. The van der Waals surface area contributed by atoms with Crippen LogP contribution >= 0.6 is 11.8 Å². The summed E-state index contributed by atoms with van der Waals surface area (Å²) in [7, 11) is 0. The minimum atomic E-state index is -0.767. The Morgan fingerprint density at radius 2 is 2.31 bits per heavy atom. The maximum absolute atomic E-state index is 13.0. The lowest BCUT2D eigenvalue weighted by molar-refractivity contribution is -0.387. The molecule has 0 aromatic heterocycles. The predicted octanol–water partition coefficient (Wildman–Crippen LogP) is 2.60. The van der Waals surface area contributed by atoms with Crippen LogP contribution in [0.5, 0.6) is 0 Å². The van der Waals surface area contributed by atoms with Crippen LogP contribution in [0.2, 0.25) is 0 Å². The highest BCUT2D eigenvalue weighted by atomic mass is 32.2. The zero-order chi connectivity index (χ0) is 9.84. The van der Waals surface area contributed by atoms with Gasteiger partial charge in [0.15, 0.2) is 0 Å². The molecule has 0 saturated carbocycles. The minimum absolute atomic E-state index is 0.468. The fourth-order valence-corrected chi connectivity index (χ4v) is 1.47. The van der Waals surface area contributed by atoms with Gasteiger partial charge in [0.1, 0.15) is 0 Å². The highest BCUT2D eigenvalue weighted by Crippen LogP contribution is 2.19. The molecule has 0 N–H and O–H groups in total. The summed E-state index contributed by atoms with van der Waals surface area (Å²) in [5, 5.41) is 10.3. The van der Waals surface area contributed by atoms with Gasteiger partial charge in [0.05, 0.1) is 4.92 Å². The van der Waals surface area contributed by atoms with Gasteiger partial charge >= 0.3 is 5.69 Å². The van der Waals surface area contributed by atoms with Gasteiger partial charge in [-0.2, -0.15) is 16.2 Å². The zero-order valence-electron chi connectivity index (χ0n) is 6.99. The molecule has 1 aromatic rings. The number of hydrogen-bond donors (Lipinski definition) is 0. The van der Waals surface area contributed by atoms with E-state index in [0.717, 1.165) is 5.56 Å².